The minimum atomic E-state index is -0.476. The van der Waals surface area contributed by atoms with Crippen LogP contribution in [0.5, 0.6) is 0 Å². The maximum atomic E-state index is 11.7. The Morgan fingerprint density at radius 1 is 1.00 bits per heavy atom. The minimum absolute atomic E-state index is 0. The highest BCUT2D eigenvalue weighted by Crippen LogP contribution is 2.24. The van der Waals surface area contributed by atoms with E-state index in [1.807, 2.05) is 6.92 Å². The lowest BCUT2D eigenvalue weighted by molar-refractivity contribution is -0.001000. The quantitative estimate of drug-likeness (QED) is 0.409. The molecule has 0 aromatic heterocycles. The van der Waals surface area contributed by atoms with Gasteiger partial charge in [-0.15, -0.1) is 0 Å². The molecule has 0 unspecified atom stereocenters. The first-order valence-electron chi connectivity index (χ1n) is 7.29. The van der Waals surface area contributed by atoms with Crippen molar-refractivity contribution in [3.63, 3.8) is 0 Å². The van der Waals surface area contributed by atoms with Gasteiger partial charge in [-0.05, 0) is 20.8 Å². The Morgan fingerprint density at radius 2 is 1.56 bits per heavy atom. The van der Waals surface area contributed by atoms with Crippen molar-refractivity contribution in [1.82, 2.24) is 9.80 Å². The smallest absolute Gasteiger partial charge is 0.508 e. The summed E-state index contributed by atoms with van der Waals surface area (Å²) < 4.78 is 9.82. The van der Waals surface area contributed by atoms with Crippen molar-refractivity contribution < 1.29 is 53.0 Å². The third kappa shape index (κ3) is 5.80. The zero-order valence-corrected chi connectivity index (χ0v) is 17.3. The van der Waals surface area contributed by atoms with Crippen LogP contribution in [0.2, 0.25) is 0 Å². The fraction of sp³-hybridized carbons (Fsp3) is 0.294. The molecule has 0 saturated carbocycles. The van der Waals surface area contributed by atoms with Gasteiger partial charge >= 0.3 is 12.2 Å². The summed E-state index contributed by atoms with van der Waals surface area (Å²) in [4.78, 5) is 25.8. The Kier molecular flexibility index (Phi) is 9.94. The molecule has 2 aliphatic heterocycles. The van der Waals surface area contributed by atoms with Crippen LogP contribution in [0.15, 0.2) is 47.3 Å². The Bertz CT molecular complexity index is 635. The van der Waals surface area contributed by atoms with Crippen LogP contribution in [0.3, 0.4) is 0 Å². The Balaban J connectivity index is 0.00000288. The van der Waals surface area contributed by atoms with E-state index in [2.05, 4.69) is 12.4 Å². The Hall–Kier alpha value is -1.98. The van der Waals surface area contributed by atoms with Crippen molar-refractivity contribution >= 4 is 12.2 Å². The molecule has 8 heteroatoms. The number of carbonyl (C=O) groups excluding carboxylic acids is 2. The van der Waals surface area contributed by atoms with Crippen molar-refractivity contribution in [3.05, 3.63) is 59.7 Å². The summed E-state index contributed by atoms with van der Waals surface area (Å²) in [5.74, 6) is 0. The van der Waals surface area contributed by atoms with Gasteiger partial charge in [0.05, 0.1) is 12.2 Å². The van der Waals surface area contributed by atoms with Gasteiger partial charge in [-0.1, -0.05) is 9.80 Å². The van der Waals surface area contributed by atoms with E-state index in [1.54, 1.807) is 44.5 Å². The fourth-order valence-corrected chi connectivity index (χ4v) is 2.02. The Morgan fingerprint density at radius 3 is 2.04 bits per heavy atom. The largest absolute Gasteiger partial charge is 1.00 e. The topological polar surface area (TPSA) is 59.1 Å². The highest BCUT2D eigenvalue weighted by atomic mass is 79.9. The molecule has 134 valence electrons. The van der Waals surface area contributed by atoms with E-state index >= 15 is 0 Å². The summed E-state index contributed by atoms with van der Waals surface area (Å²) in [6, 6.07) is 0. The predicted octanol–water partition coefficient (Wildman–Crippen LogP) is -2.71. The number of carbonyl (C=O) groups is 2. The second-order valence-corrected chi connectivity index (χ2v) is 4.65. The molecule has 2 heterocycles. The second-order valence-electron chi connectivity index (χ2n) is 4.65. The number of rotatable bonds is 2. The van der Waals surface area contributed by atoms with Crippen molar-refractivity contribution in [2.75, 3.05) is 13.2 Å². The molecule has 0 bridgehead atoms. The van der Waals surface area contributed by atoms with Gasteiger partial charge in [-0.3, -0.25) is 0 Å². The van der Waals surface area contributed by atoms with Gasteiger partial charge in [0.1, 0.15) is 60.8 Å². The number of hydrogen-bond acceptors (Lipinski definition) is 4. The zero-order chi connectivity index (χ0) is 16.8. The molecule has 0 aliphatic carbocycles. The first-order valence-corrected chi connectivity index (χ1v) is 7.29. The van der Waals surface area contributed by atoms with Crippen LogP contribution < -0.4 is 34.0 Å². The lowest BCUT2D eigenvalue weighted by Gasteiger charge is -2.10. The van der Waals surface area contributed by atoms with Crippen LogP contribution in [0.4, 0.5) is 9.59 Å². The third-order valence-corrected chi connectivity index (χ3v) is 3.08. The molecule has 2 aliphatic rings. The van der Waals surface area contributed by atoms with E-state index in [0.29, 0.717) is 13.2 Å². The van der Waals surface area contributed by atoms with Crippen LogP contribution in [-0.4, -0.2) is 35.2 Å². The van der Waals surface area contributed by atoms with E-state index in [4.69, 9.17) is 9.47 Å². The average molecular weight is 474 g/mol. The maximum absolute atomic E-state index is 11.7. The van der Waals surface area contributed by atoms with E-state index in [0.717, 1.165) is 16.7 Å². The van der Waals surface area contributed by atoms with E-state index in [-0.39, 0.29) is 34.0 Å². The number of allylic oxidation sites excluding steroid dienone is 6. The van der Waals surface area contributed by atoms with Gasteiger partial charge in [0.25, 0.3) is 0 Å². The average Bonchev–Trinajstić information content (AvgIpc) is 2.55. The molecule has 6 nitrogen and oxygen atoms in total. The van der Waals surface area contributed by atoms with E-state index < -0.39 is 12.2 Å². The maximum Gasteiger partial charge on any atom is 0.508 e. The van der Waals surface area contributed by atoms with Crippen molar-refractivity contribution in [2.45, 2.75) is 20.8 Å². The van der Waals surface area contributed by atoms with Gasteiger partial charge < -0.3 is 43.4 Å². The Labute approximate surface area is 168 Å². The number of halogens is 2. The lowest BCUT2D eigenvalue weighted by atomic mass is 9.98. The van der Waals surface area contributed by atoms with Gasteiger partial charge in [0, 0.05) is 0 Å². The number of nitrogens with zero attached hydrogens (tertiary/aromatic N) is 2. The number of ether oxygens (including phenoxy) is 2. The normalized spacial score (nSPS) is 17.5. The number of hydrogen-bond donors (Lipinski definition) is 0. The SMILES string of the molecule is CCOC(=O)N1[C+]=CC(=C2C=CN(C(=O)OCC)[C+]=C2C)C=C1.[Br-].[Br-]. The summed E-state index contributed by atoms with van der Waals surface area (Å²) in [5.41, 5.74) is 2.52. The molecule has 0 atom stereocenters. The van der Waals surface area contributed by atoms with Crippen LogP contribution >= 0.6 is 0 Å². The van der Waals surface area contributed by atoms with Gasteiger partial charge in [0.15, 0.2) is 0 Å². The van der Waals surface area contributed by atoms with Crippen LogP contribution in [-0.2, 0) is 9.47 Å². The molecule has 2 rings (SSSR count). The predicted molar refractivity (Wildman–Crippen MR) is 83.3 cm³/mol. The molecule has 25 heavy (non-hydrogen) atoms. The zero-order valence-electron chi connectivity index (χ0n) is 14.1. The molecule has 0 radical (unpaired) electrons. The molecule has 0 N–H and O–H groups in total. The first kappa shape index (κ1) is 23.0. The molecule has 0 saturated heterocycles. The van der Waals surface area contributed by atoms with Crippen molar-refractivity contribution in [3.8, 4) is 0 Å². The molecule has 0 aromatic rings. The molecule has 0 fully saturated rings. The van der Waals surface area contributed by atoms with Gasteiger partial charge in [-0.25, -0.2) is 0 Å². The lowest BCUT2D eigenvalue weighted by Crippen LogP contribution is -3.00. The fourth-order valence-electron chi connectivity index (χ4n) is 2.02. The molecule has 2 amide bonds. The summed E-state index contributed by atoms with van der Waals surface area (Å²) >= 11 is 0. The van der Waals surface area contributed by atoms with Crippen LogP contribution in [0.25, 0.3) is 0 Å². The molecule has 0 aromatic carbocycles. The van der Waals surface area contributed by atoms with Crippen molar-refractivity contribution in [2.24, 2.45) is 0 Å². The standard InChI is InChI=1S/C17H18N2O4.2BrH/c1-4-22-16(20)18-9-6-14(7-10-18)15-8-11-19(12-13(15)3)17(21)23-5-2;;/h6-9,11H,4-5H2,1-3H3;2*1H/q+2;;/p-2. The van der Waals surface area contributed by atoms with E-state index in [1.165, 1.54) is 9.80 Å². The van der Waals surface area contributed by atoms with Gasteiger partial charge in [0.2, 0.25) is 0 Å². The third-order valence-electron chi connectivity index (χ3n) is 3.08. The summed E-state index contributed by atoms with van der Waals surface area (Å²) in [6.07, 6.45) is 13.3. The van der Waals surface area contributed by atoms with Crippen molar-refractivity contribution in [1.29, 1.82) is 0 Å². The van der Waals surface area contributed by atoms with Gasteiger partial charge in [-0.2, -0.15) is 9.59 Å². The summed E-state index contributed by atoms with van der Waals surface area (Å²) in [5, 5.41) is 0. The van der Waals surface area contributed by atoms with Crippen LogP contribution in [0.1, 0.15) is 20.8 Å². The summed E-state index contributed by atoms with van der Waals surface area (Å²) in [6.45, 7) is 5.95. The highest BCUT2D eigenvalue weighted by Gasteiger charge is 2.29. The second kappa shape index (κ2) is 10.8. The molecular formula is C17H18Br2N2O4. The summed E-state index contributed by atoms with van der Waals surface area (Å²) in [7, 11) is 0. The highest BCUT2D eigenvalue weighted by molar-refractivity contribution is 5.72. The van der Waals surface area contributed by atoms with Crippen LogP contribution in [0, 0.1) is 12.4 Å². The molecule has 0 spiro atoms. The molecular weight excluding hydrogens is 456 g/mol. The van der Waals surface area contributed by atoms with E-state index in [9.17, 15) is 9.59 Å². The monoisotopic (exact) mass is 472 g/mol. The first-order chi connectivity index (χ1) is 11.1. The minimum Gasteiger partial charge on any atom is -1.00 e. The number of amides is 2.